The van der Waals surface area contributed by atoms with E-state index in [4.69, 9.17) is 0 Å². The zero-order valence-electron chi connectivity index (χ0n) is 16.6. The molecule has 0 radical (unpaired) electrons. The van der Waals surface area contributed by atoms with Gasteiger partial charge in [-0.2, -0.15) is 0 Å². The van der Waals surface area contributed by atoms with E-state index in [0.717, 1.165) is 34.4 Å². The summed E-state index contributed by atoms with van der Waals surface area (Å²) in [6.07, 6.45) is 1.81. The second-order valence-electron chi connectivity index (χ2n) is 7.31. The number of sulfonamides is 1. The number of fused-ring (bicyclic) bond motifs is 1. The zero-order chi connectivity index (χ0) is 21.3. The Morgan fingerprint density at radius 1 is 1.10 bits per heavy atom. The minimum atomic E-state index is -3.31. The van der Waals surface area contributed by atoms with Crippen LogP contribution >= 0.6 is 11.3 Å². The van der Waals surface area contributed by atoms with Gasteiger partial charge in [-0.1, -0.05) is 23.5 Å². The third-order valence-corrected chi connectivity index (χ3v) is 8.06. The molecular formula is C21H23N3O4S2. The lowest BCUT2D eigenvalue weighted by molar-refractivity contribution is 0.102. The number of nitrogens with zero attached hydrogens (tertiary/aromatic N) is 2. The number of anilines is 1. The van der Waals surface area contributed by atoms with Gasteiger partial charge in [-0.15, -0.1) is 0 Å². The van der Waals surface area contributed by atoms with Crippen molar-refractivity contribution in [1.82, 2.24) is 8.87 Å². The van der Waals surface area contributed by atoms with Crippen LogP contribution in [0.3, 0.4) is 0 Å². The van der Waals surface area contributed by atoms with Gasteiger partial charge in [0.25, 0.3) is 5.91 Å². The minimum Gasteiger partial charge on any atom is -0.322 e. The van der Waals surface area contributed by atoms with Crippen molar-refractivity contribution in [3.8, 4) is 0 Å². The fraction of sp³-hybridized carbons (Fsp3) is 0.333. The largest absolute Gasteiger partial charge is 0.322 e. The van der Waals surface area contributed by atoms with Gasteiger partial charge in [0.15, 0.2) is 0 Å². The molecule has 158 valence electrons. The fourth-order valence-electron chi connectivity index (χ4n) is 3.67. The number of hydrogen-bond acceptors (Lipinski definition) is 5. The smallest absolute Gasteiger partial charge is 0.308 e. The summed E-state index contributed by atoms with van der Waals surface area (Å²) in [6, 6.07) is 12.0. The summed E-state index contributed by atoms with van der Waals surface area (Å²) in [4.78, 5) is 24.6. The highest BCUT2D eigenvalue weighted by atomic mass is 32.2. The van der Waals surface area contributed by atoms with Crippen molar-refractivity contribution in [1.29, 1.82) is 0 Å². The van der Waals surface area contributed by atoms with Crippen molar-refractivity contribution in [2.45, 2.75) is 32.1 Å². The van der Waals surface area contributed by atoms with Crippen LogP contribution < -0.4 is 10.2 Å². The second kappa shape index (κ2) is 8.33. The summed E-state index contributed by atoms with van der Waals surface area (Å²) < 4.78 is 28.9. The van der Waals surface area contributed by atoms with Crippen LogP contribution in [0.4, 0.5) is 5.69 Å². The highest BCUT2D eigenvalue weighted by Gasteiger charge is 2.25. The Hall–Kier alpha value is -2.49. The van der Waals surface area contributed by atoms with Crippen molar-refractivity contribution >= 4 is 43.2 Å². The Bertz CT molecular complexity index is 1240. The van der Waals surface area contributed by atoms with E-state index in [9.17, 15) is 18.0 Å². The van der Waals surface area contributed by atoms with Crippen LogP contribution in [0.25, 0.3) is 10.2 Å². The first-order chi connectivity index (χ1) is 14.4. The number of aryl methyl sites for hydroxylation is 1. The van der Waals surface area contributed by atoms with E-state index in [1.807, 2.05) is 13.0 Å². The molecule has 0 saturated carbocycles. The van der Waals surface area contributed by atoms with Crippen LogP contribution in [0.2, 0.25) is 0 Å². The molecule has 4 rings (SSSR count). The predicted octanol–water partition coefficient (Wildman–Crippen LogP) is 3.26. The Morgan fingerprint density at radius 2 is 1.80 bits per heavy atom. The number of amides is 1. The molecule has 0 aliphatic carbocycles. The molecule has 1 saturated heterocycles. The molecule has 1 N–H and O–H groups in total. The number of carbonyl (C=O) groups excluding carboxylic acids is 1. The van der Waals surface area contributed by atoms with Gasteiger partial charge in [0.05, 0.1) is 16.0 Å². The van der Waals surface area contributed by atoms with Gasteiger partial charge >= 0.3 is 4.87 Å². The van der Waals surface area contributed by atoms with Gasteiger partial charge in [-0.3, -0.25) is 14.2 Å². The van der Waals surface area contributed by atoms with Gasteiger partial charge in [0, 0.05) is 30.9 Å². The van der Waals surface area contributed by atoms with Gasteiger partial charge in [-0.25, -0.2) is 12.7 Å². The number of thiazole rings is 1. The molecule has 3 aromatic rings. The minimum absolute atomic E-state index is 0.0181. The Balaban J connectivity index is 1.46. The maximum atomic E-state index is 12.6. The molecule has 2 aromatic carbocycles. The Morgan fingerprint density at radius 3 is 2.47 bits per heavy atom. The molecule has 2 heterocycles. The van der Waals surface area contributed by atoms with E-state index in [0.29, 0.717) is 36.4 Å². The quantitative estimate of drug-likeness (QED) is 0.631. The summed E-state index contributed by atoms with van der Waals surface area (Å²) in [5.41, 5.74) is 2.56. The van der Waals surface area contributed by atoms with E-state index in [1.54, 1.807) is 41.0 Å². The highest BCUT2D eigenvalue weighted by molar-refractivity contribution is 7.88. The molecule has 1 amide bonds. The van der Waals surface area contributed by atoms with Gasteiger partial charge in [-0.05, 0) is 55.7 Å². The van der Waals surface area contributed by atoms with E-state index in [1.165, 1.54) is 4.31 Å². The third kappa shape index (κ3) is 4.19. The fourth-order valence-corrected chi connectivity index (χ4v) is 6.27. The number of aromatic nitrogens is 1. The van der Waals surface area contributed by atoms with Crippen molar-refractivity contribution < 1.29 is 13.2 Å². The molecule has 1 fully saturated rings. The molecule has 0 unspecified atom stereocenters. The first-order valence-electron chi connectivity index (χ1n) is 9.89. The molecule has 7 nitrogen and oxygen atoms in total. The first-order valence-corrected chi connectivity index (χ1v) is 12.3. The van der Waals surface area contributed by atoms with Crippen molar-refractivity contribution in [3.05, 3.63) is 63.3 Å². The van der Waals surface area contributed by atoms with Gasteiger partial charge in [0.2, 0.25) is 10.0 Å². The number of hydrogen-bond donors (Lipinski definition) is 1. The Kier molecular flexibility index (Phi) is 5.77. The lowest BCUT2D eigenvalue weighted by atomic mass is 10.1. The van der Waals surface area contributed by atoms with E-state index in [2.05, 4.69) is 5.32 Å². The molecule has 0 bridgehead atoms. The van der Waals surface area contributed by atoms with Crippen LogP contribution in [0.5, 0.6) is 0 Å². The van der Waals surface area contributed by atoms with Gasteiger partial charge < -0.3 is 5.32 Å². The summed E-state index contributed by atoms with van der Waals surface area (Å²) in [5.74, 6) is -0.343. The van der Waals surface area contributed by atoms with Crippen molar-refractivity contribution in [2.24, 2.45) is 0 Å². The monoisotopic (exact) mass is 445 g/mol. The average Bonchev–Trinajstić information content (AvgIpc) is 3.35. The SMILES string of the molecule is CCn1c(=O)sc2cc(NC(=O)c3ccc(CS(=O)(=O)N4CCCC4)cc3)ccc21. The summed E-state index contributed by atoms with van der Waals surface area (Å²) in [7, 11) is -3.31. The molecule has 0 spiro atoms. The maximum absolute atomic E-state index is 12.6. The van der Waals surface area contributed by atoms with E-state index < -0.39 is 10.0 Å². The molecule has 0 atom stereocenters. The standard InChI is InChI=1S/C21H23N3O4S2/c1-2-24-18-10-9-17(13-19(18)29-21(24)26)22-20(25)16-7-5-15(6-8-16)14-30(27,28)23-11-3-4-12-23/h5-10,13H,2-4,11-12,14H2,1H3,(H,22,25). The second-order valence-corrected chi connectivity index (χ2v) is 10.3. The van der Waals surface area contributed by atoms with Crippen LogP contribution in [0.15, 0.2) is 47.3 Å². The molecule has 9 heteroatoms. The molecule has 1 aliphatic rings. The van der Waals surface area contributed by atoms with E-state index >= 15 is 0 Å². The molecular weight excluding hydrogens is 422 g/mol. The highest BCUT2D eigenvalue weighted by Crippen LogP contribution is 2.23. The lowest BCUT2D eigenvalue weighted by Gasteiger charge is -2.15. The van der Waals surface area contributed by atoms with Crippen LogP contribution in [0, 0.1) is 0 Å². The number of nitrogens with one attached hydrogen (secondary N) is 1. The molecule has 1 aromatic heterocycles. The van der Waals surface area contributed by atoms with Crippen molar-refractivity contribution in [2.75, 3.05) is 18.4 Å². The first kappa shape index (κ1) is 20.8. The lowest BCUT2D eigenvalue weighted by Crippen LogP contribution is -2.29. The van der Waals surface area contributed by atoms with Crippen LogP contribution in [0.1, 0.15) is 35.7 Å². The zero-order valence-corrected chi connectivity index (χ0v) is 18.3. The van der Waals surface area contributed by atoms with E-state index in [-0.39, 0.29) is 16.5 Å². The molecule has 1 aliphatic heterocycles. The van der Waals surface area contributed by atoms with Crippen molar-refractivity contribution in [3.63, 3.8) is 0 Å². The summed E-state index contributed by atoms with van der Waals surface area (Å²) in [6.45, 7) is 3.70. The normalized spacial score (nSPS) is 15.0. The number of carbonyl (C=O) groups is 1. The number of benzene rings is 2. The summed E-state index contributed by atoms with van der Waals surface area (Å²) in [5, 5.41) is 2.84. The summed E-state index contributed by atoms with van der Waals surface area (Å²) >= 11 is 1.15. The molecule has 30 heavy (non-hydrogen) atoms. The third-order valence-electron chi connectivity index (χ3n) is 5.27. The van der Waals surface area contributed by atoms with Crippen LogP contribution in [-0.2, 0) is 22.3 Å². The average molecular weight is 446 g/mol. The number of rotatable bonds is 6. The predicted molar refractivity (Wildman–Crippen MR) is 120 cm³/mol. The van der Waals surface area contributed by atoms with Gasteiger partial charge in [0.1, 0.15) is 0 Å². The maximum Gasteiger partial charge on any atom is 0.308 e. The topological polar surface area (TPSA) is 88.5 Å². The van der Waals surface area contributed by atoms with Crippen LogP contribution in [-0.4, -0.2) is 36.3 Å². The Labute approximate surface area is 179 Å².